The predicted molar refractivity (Wildman–Crippen MR) is 76.8 cm³/mol. The number of rotatable bonds is 6. The number of hydrogen-bond donors (Lipinski definition) is 1. The summed E-state index contributed by atoms with van der Waals surface area (Å²) in [7, 11) is 2.13. The standard InChI is InChI=1S/C16H31NO/c1-4-18-16(10-8-13(2)9-11-16)15(17-3)12-14-6-5-7-14/h13-15,17H,4-12H2,1-3H3. The van der Waals surface area contributed by atoms with Gasteiger partial charge in [-0.2, -0.15) is 0 Å². The first-order valence-corrected chi connectivity index (χ1v) is 8.01. The Balaban J connectivity index is 2.00. The number of hydrogen-bond acceptors (Lipinski definition) is 2. The Labute approximate surface area is 113 Å². The smallest absolute Gasteiger partial charge is 0.0834 e. The number of ether oxygens (including phenoxy) is 1. The molecule has 0 bridgehead atoms. The third-order valence-electron chi connectivity index (χ3n) is 5.33. The fraction of sp³-hybridized carbons (Fsp3) is 1.00. The van der Waals surface area contributed by atoms with Crippen LogP contribution in [0, 0.1) is 11.8 Å². The molecule has 0 amide bonds. The van der Waals surface area contributed by atoms with Gasteiger partial charge < -0.3 is 10.1 Å². The van der Waals surface area contributed by atoms with Gasteiger partial charge in [0, 0.05) is 12.6 Å². The Bertz CT molecular complexity index is 241. The van der Waals surface area contributed by atoms with E-state index in [-0.39, 0.29) is 5.60 Å². The van der Waals surface area contributed by atoms with Gasteiger partial charge in [0.15, 0.2) is 0 Å². The lowest BCUT2D eigenvalue weighted by Crippen LogP contribution is -2.54. The maximum absolute atomic E-state index is 6.28. The summed E-state index contributed by atoms with van der Waals surface area (Å²) in [5, 5.41) is 3.59. The first kappa shape index (κ1) is 14.3. The van der Waals surface area contributed by atoms with Gasteiger partial charge in [0.2, 0.25) is 0 Å². The minimum absolute atomic E-state index is 0.131. The largest absolute Gasteiger partial charge is 0.374 e. The summed E-state index contributed by atoms with van der Waals surface area (Å²) in [6, 6.07) is 0.565. The van der Waals surface area contributed by atoms with E-state index in [9.17, 15) is 0 Å². The summed E-state index contributed by atoms with van der Waals surface area (Å²) in [6.07, 6.45) is 10.8. The summed E-state index contributed by atoms with van der Waals surface area (Å²) in [4.78, 5) is 0. The third kappa shape index (κ3) is 3.08. The molecule has 2 fully saturated rings. The average molecular weight is 253 g/mol. The van der Waals surface area contributed by atoms with Crippen LogP contribution in [0.3, 0.4) is 0 Å². The van der Waals surface area contributed by atoms with Gasteiger partial charge >= 0.3 is 0 Å². The molecule has 2 nitrogen and oxygen atoms in total. The van der Waals surface area contributed by atoms with Crippen molar-refractivity contribution in [3.05, 3.63) is 0 Å². The zero-order valence-corrected chi connectivity index (χ0v) is 12.5. The molecule has 2 saturated carbocycles. The van der Waals surface area contributed by atoms with Gasteiger partial charge in [0.1, 0.15) is 0 Å². The van der Waals surface area contributed by atoms with E-state index >= 15 is 0 Å². The van der Waals surface area contributed by atoms with E-state index in [1.807, 2.05) is 0 Å². The molecule has 1 atom stereocenters. The second-order valence-electron chi connectivity index (χ2n) is 6.55. The van der Waals surface area contributed by atoms with Crippen molar-refractivity contribution >= 4 is 0 Å². The summed E-state index contributed by atoms with van der Waals surface area (Å²) < 4.78 is 6.28. The molecule has 18 heavy (non-hydrogen) atoms. The normalized spacial score (nSPS) is 35.2. The van der Waals surface area contributed by atoms with Gasteiger partial charge in [-0.05, 0) is 57.9 Å². The van der Waals surface area contributed by atoms with Gasteiger partial charge in [0.25, 0.3) is 0 Å². The molecule has 2 heteroatoms. The van der Waals surface area contributed by atoms with Crippen LogP contribution in [0.2, 0.25) is 0 Å². The molecule has 0 aromatic heterocycles. The molecule has 2 rings (SSSR count). The summed E-state index contributed by atoms with van der Waals surface area (Å²) >= 11 is 0. The van der Waals surface area contributed by atoms with Crippen molar-refractivity contribution in [3.63, 3.8) is 0 Å². The van der Waals surface area contributed by atoms with Crippen molar-refractivity contribution in [2.24, 2.45) is 11.8 Å². The van der Waals surface area contributed by atoms with E-state index in [2.05, 4.69) is 26.2 Å². The fourth-order valence-corrected chi connectivity index (χ4v) is 3.79. The number of nitrogens with one attached hydrogen (secondary N) is 1. The zero-order valence-electron chi connectivity index (χ0n) is 12.5. The predicted octanol–water partition coefficient (Wildman–Crippen LogP) is 3.75. The molecule has 1 unspecified atom stereocenters. The maximum Gasteiger partial charge on any atom is 0.0834 e. The van der Waals surface area contributed by atoms with Crippen LogP contribution in [0.4, 0.5) is 0 Å². The Kier molecular flexibility index (Phi) is 5.08. The van der Waals surface area contributed by atoms with E-state index in [0.717, 1.165) is 18.4 Å². The topological polar surface area (TPSA) is 21.3 Å². The van der Waals surface area contributed by atoms with Crippen LogP contribution in [0.1, 0.15) is 65.2 Å². The maximum atomic E-state index is 6.28. The molecule has 0 heterocycles. The molecule has 2 aliphatic rings. The molecular formula is C16H31NO. The molecule has 2 aliphatic carbocycles. The molecular weight excluding hydrogens is 222 g/mol. The third-order valence-corrected chi connectivity index (χ3v) is 5.33. The van der Waals surface area contributed by atoms with Crippen LogP contribution >= 0.6 is 0 Å². The van der Waals surface area contributed by atoms with Gasteiger partial charge in [-0.15, -0.1) is 0 Å². The van der Waals surface area contributed by atoms with Crippen molar-refractivity contribution in [2.75, 3.05) is 13.7 Å². The SMILES string of the molecule is CCOC1(C(CC2CCC2)NC)CCC(C)CC1. The quantitative estimate of drug-likeness (QED) is 0.778. The van der Waals surface area contributed by atoms with Crippen molar-refractivity contribution < 1.29 is 4.74 Å². The molecule has 0 saturated heterocycles. The molecule has 0 aromatic rings. The van der Waals surface area contributed by atoms with Crippen LogP contribution < -0.4 is 5.32 Å². The van der Waals surface area contributed by atoms with E-state index in [1.165, 1.54) is 51.4 Å². The summed E-state index contributed by atoms with van der Waals surface area (Å²) in [6.45, 7) is 5.39. The summed E-state index contributed by atoms with van der Waals surface area (Å²) in [5.74, 6) is 1.85. The molecule has 0 aromatic carbocycles. The number of likely N-dealkylation sites (N-methyl/N-ethyl adjacent to an activating group) is 1. The average Bonchev–Trinajstić information content (AvgIpc) is 2.32. The van der Waals surface area contributed by atoms with Gasteiger partial charge in [0.05, 0.1) is 5.60 Å². The highest BCUT2D eigenvalue weighted by atomic mass is 16.5. The van der Waals surface area contributed by atoms with Crippen molar-refractivity contribution in [3.8, 4) is 0 Å². The van der Waals surface area contributed by atoms with Gasteiger partial charge in [-0.1, -0.05) is 26.2 Å². The van der Waals surface area contributed by atoms with E-state index < -0.39 is 0 Å². The molecule has 0 radical (unpaired) electrons. The lowest BCUT2D eigenvalue weighted by molar-refractivity contribution is -0.101. The highest BCUT2D eigenvalue weighted by Crippen LogP contribution is 2.41. The Morgan fingerprint density at radius 2 is 1.89 bits per heavy atom. The highest BCUT2D eigenvalue weighted by Gasteiger charge is 2.42. The van der Waals surface area contributed by atoms with Crippen molar-refractivity contribution in [2.45, 2.75) is 76.9 Å². The molecule has 106 valence electrons. The molecule has 0 spiro atoms. The van der Waals surface area contributed by atoms with E-state index in [0.29, 0.717) is 6.04 Å². The lowest BCUT2D eigenvalue weighted by Gasteiger charge is -2.46. The Morgan fingerprint density at radius 3 is 2.33 bits per heavy atom. The minimum atomic E-state index is 0.131. The van der Waals surface area contributed by atoms with Crippen LogP contribution in [0.25, 0.3) is 0 Å². The second-order valence-corrected chi connectivity index (χ2v) is 6.55. The van der Waals surface area contributed by atoms with E-state index in [1.54, 1.807) is 0 Å². The van der Waals surface area contributed by atoms with Gasteiger partial charge in [-0.25, -0.2) is 0 Å². The fourth-order valence-electron chi connectivity index (χ4n) is 3.79. The van der Waals surface area contributed by atoms with Crippen LogP contribution in [-0.2, 0) is 4.74 Å². The Hall–Kier alpha value is -0.0800. The molecule has 1 N–H and O–H groups in total. The van der Waals surface area contributed by atoms with E-state index in [4.69, 9.17) is 4.74 Å². The van der Waals surface area contributed by atoms with Crippen molar-refractivity contribution in [1.82, 2.24) is 5.32 Å². The Morgan fingerprint density at radius 1 is 1.22 bits per heavy atom. The first-order chi connectivity index (χ1) is 8.70. The zero-order chi connectivity index (χ0) is 13.0. The molecule has 0 aliphatic heterocycles. The van der Waals surface area contributed by atoms with Crippen LogP contribution in [0.15, 0.2) is 0 Å². The summed E-state index contributed by atoms with van der Waals surface area (Å²) in [5.41, 5.74) is 0.131. The van der Waals surface area contributed by atoms with Crippen molar-refractivity contribution in [1.29, 1.82) is 0 Å². The van der Waals surface area contributed by atoms with Crippen LogP contribution in [-0.4, -0.2) is 25.3 Å². The van der Waals surface area contributed by atoms with Crippen LogP contribution in [0.5, 0.6) is 0 Å². The lowest BCUT2D eigenvalue weighted by atomic mass is 9.70. The monoisotopic (exact) mass is 253 g/mol. The minimum Gasteiger partial charge on any atom is -0.374 e. The highest BCUT2D eigenvalue weighted by molar-refractivity contribution is 4.97. The second kappa shape index (κ2) is 6.38. The van der Waals surface area contributed by atoms with Gasteiger partial charge in [-0.3, -0.25) is 0 Å². The first-order valence-electron chi connectivity index (χ1n) is 8.01.